The Morgan fingerprint density at radius 3 is 2.58 bits per heavy atom. The molecule has 1 saturated heterocycles. The molecule has 194 valence electrons. The number of hydrogen-bond acceptors (Lipinski definition) is 9. The Hall–Kier alpha value is -5.00. The second kappa shape index (κ2) is 9.81. The van der Waals surface area contributed by atoms with E-state index in [0.717, 1.165) is 16.9 Å². The molecule has 2 aliphatic rings. The highest BCUT2D eigenvalue weighted by Gasteiger charge is 2.34. The first-order valence-corrected chi connectivity index (χ1v) is 11.6. The van der Waals surface area contributed by atoms with Crippen LogP contribution in [0.1, 0.15) is 40.0 Å². The van der Waals surface area contributed by atoms with Gasteiger partial charge in [0.25, 0.3) is 5.91 Å². The van der Waals surface area contributed by atoms with Crippen molar-refractivity contribution in [1.29, 1.82) is 5.26 Å². The number of hydrazone groups is 1. The Balaban J connectivity index is 1.29. The number of primary amides is 1. The van der Waals surface area contributed by atoms with Crippen LogP contribution in [0.5, 0.6) is 0 Å². The Bertz CT molecular complexity index is 1490. The number of nitrogens with zero attached hydrogens (tertiary/aromatic N) is 10. The fourth-order valence-corrected chi connectivity index (χ4v) is 4.33. The molecule has 2 aromatic heterocycles. The van der Waals surface area contributed by atoms with Crippen molar-refractivity contribution in [2.24, 2.45) is 10.8 Å². The number of rotatable bonds is 4. The second-order valence-corrected chi connectivity index (χ2v) is 8.64. The summed E-state index contributed by atoms with van der Waals surface area (Å²) in [6.45, 7) is 2.83. The summed E-state index contributed by atoms with van der Waals surface area (Å²) in [5.74, 6) is -2.19. The van der Waals surface area contributed by atoms with Crippen molar-refractivity contribution < 1.29 is 18.4 Å². The van der Waals surface area contributed by atoms with Gasteiger partial charge in [-0.05, 0) is 30.7 Å². The molecule has 2 aliphatic heterocycles. The number of benzene rings is 1. The average Bonchev–Trinajstić information content (AvgIpc) is 3.55. The molecule has 0 radical (unpaired) electrons. The van der Waals surface area contributed by atoms with Crippen LogP contribution >= 0.6 is 0 Å². The van der Waals surface area contributed by atoms with Crippen molar-refractivity contribution >= 4 is 24.1 Å². The number of piperazine rings is 1. The van der Waals surface area contributed by atoms with Gasteiger partial charge in [0.15, 0.2) is 11.6 Å². The molecule has 1 aromatic carbocycles. The Morgan fingerprint density at radius 1 is 1.13 bits per heavy atom. The van der Waals surface area contributed by atoms with Crippen molar-refractivity contribution in [3.8, 4) is 11.9 Å². The van der Waals surface area contributed by atoms with Crippen LogP contribution in [-0.4, -0.2) is 79.0 Å². The zero-order chi connectivity index (χ0) is 27.0. The van der Waals surface area contributed by atoms with Gasteiger partial charge in [-0.25, -0.2) is 28.6 Å². The molecule has 0 spiro atoms. The van der Waals surface area contributed by atoms with Crippen LogP contribution in [0.2, 0.25) is 0 Å². The van der Waals surface area contributed by atoms with Gasteiger partial charge >= 0.3 is 6.03 Å². The highest BCUT2D eigenvalue weighted by Crippen LogP contribution is 2.30. The summed E-state index contributed by atoms with van der Waals surface area (Å²) >= 11 is 0. The molecule has 5 rings (SSSR count). The molecule has 38 heavy (non-hydrogen) atoms. The lowest BCUT2D eigenvalue weighted by Crippen LogP contribution is -2.52. The van der Waals surface area contributed by atoms with Crippen molar-refractivity contribution in [2.45, 2.75) is 19.4 Å². The molecule has 1 fully saturated rings. The Kier molecular flexibility index (Phi) is 6.37. The Morgan fingerprint density at radius 2 is 1.89 bits per heavy atom. The number of aromatic nitrogens is 5. The van der Waals surface area contributed by atoms with Gasteiger partial charge in [-0.15, -0.1) is 5.10 Å². The van der Waals surface area contributed by atoms with E-state index in [1.54, 1.807) is 22.1 Å². The van der Waals surface area contributed by atoms with Crippen LogP contribution in [-0.2, 0) is 0 Å². The first-order valence-electron chi connectivity index (χ1n) is 11.6. The topological polar surface area (TPSA) is 163 Å². The standard InChI is InChI=1S/C23H21F2N11O2/c1-13-30-20(19(27)37)32-35(13)21-17(25)12-28-22(31-21)33-4-6-34(7-5-33)23(38)36-18(2-3-29-36)15-8-14(11-26)9-16(24)10-15/h3,8-10,12,18H,2,4-7H2,1H3,(H2,27,37)/t18-/m0/s1. The van der Waals surface area contributed by atoms with Crippen LogP contribution in [0.15, 0.2) is 29.5 Å². The number of hydrogen-bond donors (Lipinski definition) is 1. The SMILES string of the molecule is Cc1nc(C(N)=O)nn1-c1nc(N2CCN(C(=O)N3N=CC[C@H]3c3cc(F)cc(C#N)c3)CC2)ncc1F. The van der Waals surface area contributed by atoms with Crippen LogP contribution < -0.4 is 10.6 Å². The second-order valence-electron chi connectivity index (χ2n) is 8.64. The first kappa shape index (κ1) is 24.7. The lowest BCUT2D eigenvalue weighted by molar-refractivity contribution is 0.0990. The summed E-state index contributed by atoms with van der Waals surface area (Å²) in [4.78, 5) is 40.3. The zero-order valence-electron chi connectivity index (χ0n) is 20.1. The fourth-order valence-electron chi connectivity index (χ4n) is 4.33. The number of aryl methyl sites for hydroxylation is 1. The number of urea groups is 1. The monoisotopic (exact) mass is 521 g/mol. The number of anilines is 1. The number of amides is 3. The molecule has 3 aromatic rings. The summed E-state index contributed by atoms with van der Waals surface area (Å²) in [6.07, 6.45) is 2.98. The van der Waals surface area contributed by atoms with E-state index in [0.29, 0.717) is 38.2 Å². The number of nitrogens with two attached hydrogens (primary N) is 1. The fraction of sp³-hybridized carbons (Fsp3) is 0.304. The third-order valence-electron chi connectivity index (χ3n) is 6.20. The third kappa shape index (κ3) is 4.59. The van der Waals surface area contributed by atoms with Crippen LogP contribution in [0, 0.1) is 29.9 Å². The minimum absolute atomic E-state index is 0.165. The quantitative estimate of drug-likeness (QED) is 0.537. The van der Waals surface area contributed by atoms with Gasteiger partial charge in [0, 0.05) is 38.8 Å². The van der Waals surface area contributed by atoms with Crippen LogP contribution in [0.25, 0.3) is 5.82 Å². The molecule has 1 atom stereocenters. The predicted octanol–water partition coefficient (Wildman–Crippen LogP) is 1.29. The minimum Gasteiger partial charge on any atom is -0.363 e. The highest BCUT2D eigenvalue weighted by atomic mass is 19.1. The van der Waals surface area contributed by atoms with E-state index in [1.807, 2.05) is 6.07 Å². The lowest BCUT2D eigenvalue weighted by atomic mass is 10.0. The molecule has 0 saturated carbocycles. The molecule has 0 unspecified atom stereocenters. The third-order valence-corrected chi connectivity index (χ3v) is 6.20. The summed E-state index contributed by atoms with van der Waals surface area (Å²) < 4.78 is 29.6. The van der Waals surface area contributed by atoms with E-state index in [9.17, 15) is 18.4 Å². The van der Waals surface area contributed by atoms with Crippen LogP contribution in [0.3, 0.4) is 0 Å². The summed E-state index contributed by atoms with van der Waals surface area (Å²) in [6, 6.07) is 5.02. The van der Waals surface area contributed by atoms with E-state index in [4.69, 9.17) is 11.0 Å². The number of carbonyl (C=O) groups is 2. The van der Waals surface area contributed by atoms with Gasteiger partial charge in [-0.1, -0.05) is 0 Å². The number of carbonyl (C=O) groups excluding carboxylic acids is 2. The molecule has 4 heterocycles. The molecule has 2 N–H and O–H groups in total. The van der Waals surface area contributed by atoms with Gasteiger partial charge in [0.05, 0.1) is 23.9 Å². The summed E-state index contributed by atoms with van der Waals surface area (Å²) in [5, 5.41) is 18.6. The lowest BCUT2D eigenvalue weighted by Gasteiger charge is -2.37. The van der Waals surface area contributed by atoms with Crippen LogP contribution in [0.4, 0.5) is 19.5 Å². The normalized spacial score (nSPS) is 17.1. The average molecular weight is 521 g/mol. The molecule has 0 aliphatic carbocycles. The van der Waals surface area contributed by atoms with Gasteiger partial charge in [-0.3, -0.25) is 4.79 Å². The van der Waals surface area contributed by atoms with E-state index < -0.39 is 23.6 Å². The molecule has 3 amide bonds. The molecular weight excluding hydrogens is 500 g/mol. The van der Waals surface area contributed by atoms with Gasteiger partial charge < -0.3 is 15.5 Å². The summed E-state index contributed by atoms with van der Waals surface area (Å²) in [5.41, 5.74) is 5.87. The van der Waals surface area contributed by atoms with Gasteiger partial charge in [-0.2, -0.15) is 20.0 Å². The number of halogens is 2. The van der Waals surface area contributed by atoms with E-state index in [1.165, 1.54) is 18.0 Å². The molecule has 0 bridgehead atoms. The zero-order valence-corrected chi connectivity index (χ0v) is 20.1. The van der Waals surface area contributed by atoms with Crippen molar-refractivity contribution in [3.05, 3.63) is 58.8 Å². The molecule has 15 heteroatoms. The van der Waals surface area contributed by atoms with E-state index in [-0.39, 0.29) is 35.0 Å². The van der Waals surface area contributed by atoms with Gasteiger partial charge in [0.2, 0.25) is 11.8 Å². The molecule has 13 nitrogen and oxygen atoms in total. The summed E-state index contributed by atoms with van der Waals surface area (Å²) in [7, 11) is 0. The highest BCUT2D eigenvalue weighted by molar-refractivity contribution is 5.88. The number of nitriles is 1. The predicted molar refractivity (Wildman–Crippen MR) is 128 cm³/mol. The van der Waals surface area contributed by atoms with E-state index >= 15 is 0 Å². The van der Waals surface area contributed by atoms with Crippen molar-refractivity contribution in [3.63, 3.8) is 0 Å². The maximum absolute atomic E-state index is 14.5. The smallest absolute Gasteiger partial charge is 0.341 e. The maximum atomic E-state index is 14.5. The Labute approximate surface area is 214 Å². The van der Waals surface area contributed by atoms with E-state index in [2.05, 4.69) is 25.2 Å². The van der Waals surface area contributed by atoms with Gasteiger partial charge in [0.1, 0.15) is 11.6 Å². The largest absolute Gasteiger partial charge is 0.363 e. The van der Waals surface area contributed by atoms with Crippen molar-refractivity contribution in [1.82, 2.24) is 34.6 Å². The first-order chi connectivity index (χ1) is 18.2. The maximum Gasteiger partial charge on any atom is 0.341 e. The molecular formula is C23H21F2N11O2. The van der Waals surface area contributed by atoms with Crippen molar-refractivity contribution in [2.75, 3.05) is 31.1 Å². The minimum atomic E-state index is -0.852.